The highest BCUT2D eigenvalue weighted by Gasteiger charge is 2.38. The Morgan fingerprint density at radius 1 is 1.41 bits per heavy atom. The molecule has 0 aromatic carbocycles. The van der Waals surface area contributed by atoms with Gasteiger partial charge < -0.3 is 15.0 Å². The molecule has 0 spiro atoms. The lowest BCUT2D eigenvalue weighted by Crippen LogP contribution is -2.52. The third kappa shape index (κ3) is 5.14. The van der Waals surface area contributed by atoms with Crippen molar-refractivity contribution in [3.8, 4) is 0 Å². The molecule has 0 aliphatic carbocycles. The van der Waals surface area contributed by atoms with Crippen LogP contribution in [0.1, 0.15) is 33.6 Å². The van der Waals surface area contributed by atoms with Gasteiger partial charge in [0.15, 0.2) is 0 Å². The normalized spacial score (nSPS) is 20.6. The van der Waals surface area contributed by atoms with Gasteiger partial charge in [-0.25, -0.2) is 19.2 Å². The van der Waals surface area contributed by atoms with Gasteiger partial charge in [0.25, 0.3) is 0 Å². The molecule has 1 amide bonds. The van der Waals surface area contributed by atoms with Gasteiger partial charge >= 0.3 is 6.09 Å². The number of rotatable bonds is 3. The second kappa shape index (κ2) is 7.69. The average molecular weight is 487 g/mol. The van der Waals surface area contributed by atoms with Crippen molar-refractivity contribution in [2.75, 3.05) is 25.0 Å². The number of likely N-dealkylation sites (tertiary alicyclic amines) is 1. The van der Waals surface area contributed by atoms with Crippen molar-refractivity contribution in [1.29, 1.82) is 0 Å². The second-order valence-electron chi connectivity index (χ2n) is 7.76. The molecule has 1 aliphatic heterocycles. The first-order valence-electron chi connectivity index (χ1n) is 8.82. The minimum atomic E-state index is -1.56. The average Bonchev–Trinajstić information content (AvgIpc) is 2.59. The van der Waals surface area contributed by atoms with Crippen LogP contribution in [0.4, 0.5) is 15.1 Å². The molecule has 0 bridgehead atoms. The van der Waals surface area contributed by atoms with E-state index in [1.807, 2.05) is 0 Å². The van der Waals surface area contributed by atoms with Crippen molar-refractivity contribution >= 4 is 45.5 Å². The highest BCUT2D eigenvalue weighted by Crippen LogP contribution is 2.27. The summed E-state index contributed by atoms with van der Waals surface area (Å²) < 4.78 is 21.6. The second-order valence-corrected chi connectivity index (χ2v) is 8.92. The molecule has 3 heterocycles. The molecule has 0 radical (unpaired) electrons. The van der Waals surface area contributed by atoms with E-state index in [1.54, 1.807) is 39.4 Å². The SMILES string of the molecule is CC(C)(C)OC(=O)N1CCC[C@@](F)(CNc2ncc3cncc(I)c3n2)C1. The molecule has 1 fully saturated rings. The standard InChI is InChI=1S/C18H23FIN5O2/c1-17(2,3)27-16(26)25-6-4-5-18(19,11-25)10-23-15-22-8-12-7-21-9-13(20)14(12)24-15/h7-9H,4-6,10-11H2,1-3H3,(H,22,23,24)/t18-/m1/s1. The van der Waals surface area contributed by atoms with Crippen LogP contribution in [-0.4, -0.2) is 56.8 Å². The van der Waals surface area contributed by atoms with Crippen molar-refractivity contribution in [2.24, 2.45) is 0 Å². The lowest BCUT2D eigenvalue weighted by molar-refractivity contribution is -0.00211. The number of pyridine rings is 1. The monoisotopic (exact) mass is 487 g/mol. The summed E-state index contributed by atoms with van der Waals surface area (Å²) in [4.78, 5) is 26.5. The summed E-state index contributed by atoms with van der Waals surface area (Å²) in [6, 6.07) is 0. The Morgan fingerprint density at radius 2 is 2.19 bits per heavy atom. The molecule has 0 unspecified atom stereocenters. The summed E-state index contributed by atoms with van der Waals surface area (Å²) in [6.07, 6.45) is 5.55. The fourth-order valence-electron chi connectivity index (χ4n) is 2.96. The molecule has 27 heavy (non-hydrogen) atoms. The number of nitrogens with one attached hydrogen (secondary N) is 1. The number of aromatic nitrogens is 3. The number of alkyl halides is 1. The Morgan fingerprint density at radius 3 is 2.93 bits per heavy atom. The highest BCUT2D eigenvalue weighted by molar-refractivity contribution is 14.1. The summed E-state index contributed by atoms with van der Waals surface area (Å²) in [7, 11) is 0. The summed E-state index contributed by atoms with van der Waals surface area (Å²) in [5.41, 5.74) is -1.38. The van der Waals surface area contributed by atoms with E-state index in [-0.39, 0.29) is 13.1 Å². The van der Waals surface area contributed by atoms with Crippen LogP contribution >= 0.6 is 22.6 Å². The molecule has 146 valence electrons. The van der Waals surface area contributed by atoms with Crippen molar-refractivity contribution in [3.05, 3.63) is 22.2 Å². The van der Waals surface area contributed by atoms with Crippen LogP contribution in [0.25, 0.3) is 10.9 Å². The van der Waals surface area contributed by atoms with Gasteiger partial charge in [-0.1, -0.05) is 0 Å². The predicted octanol–water partition coefficient (Wildman–Crippen LogP) is 3.78. The number of ether oxygens (including phenoxy) is 1. The fraction of sp³-hybridized carbons (Fsp3) is 0.556. The third-order valence-corrected chi connectivity index (χ3v) is 4.98. The molecule has 1 saturated heterocycles. The third-order valence-electron chi connectivity index (χ3n) is 4.19. The molecular formula is C18H23FIN5O2. The van der Waals surface area contributed by atoms with Gasteiger partial charge in [0.05, 0.1) is 22.2 Å². The van der Waals surface area contributed by atoms with Gasteiger partial charge in [0.1, 0.15) is 11.3 Å². The minimum absolute atomic E-state index is 0.00997. The van der Waals surface area contributed by atoms with Crippen molar-refractivity contribution < 1.29 is 13.9 Å². The molecule has 1 atom stereocenters. The van der Waals surface area contributed by atoms with Gasteiger partial charge in [-0.05, 0) is 56.2 Å². The molecular weight excluding hydrogens is 464 g/mol. The van der Waals surface area contributed by atoms with E-state index in [0.717, 1.165) is 14.5 Å². The lowest BCUT2D eigenvalue weighted by atomic mass is 9.95. The molecule has 3 rings (SSSR count). The van der Waals surface area contributed by atoms with E-state index in [1.165, 1.54) is 4.90 Å². The van der Waals surface area contributed by atoms with Crippen molar-refractivity contribution in [2.45, 2.75) is 44.9 Å². The van der Waals surface area contributed by atoms with Crippen LogP contribution in [0.5, 0.6) is 0 Å². The van der Waals surface area contributed by atoms with Gasteiger partial charge in [0.2, 0.25) is 5.95 Å². The number of hydrogen-bond donors (Lipinski definition) is 1. The van der Waals surface area contributed by atoms with Crippen molar-refractivity contribution in [3.63, 3.8) is 0 Å². The van der Waals surface area contributed by atoms with E-state index in [2.05, 4.69) is 42.9 Å². The maximum atomic E-state index is 15.3. The molecule has 9 heteroatoms. The Bertz CT molecular complexity index is 844. The molecule has 1 aliphatic rings. The molecule has 2 aromatic rings. The number of anilines is 1. The Hall–Kier alpha value is -1.78. The number of nitrogens with zero attached hydrogens (tertiary/aromatic N) is 4. The van der Waals surface area contributed by atoms with Crippen molar-refractivity contribution in [1.82, 2.24) is 19.9 Å². The number of amides is 1. The zero-order valence-electron chi connectivity index (χ0n) is 15.6. The zero-order valence-corrected chi connectivity index (χ0v) is 17.8. The lowest BCUT2D eigenvalue weighted by Gasteiger charge is -2.38. The Labute approximate surface area is 171 Å². The number of halogens is 2. The number of fused-ring (bicyclic) bond motifs is 1. The number of piperidine rings is 1. The molecule has 7 nitrogen and oxygen atoms in total. The quantitative estimate of drug-likeness (QED) is 0.664. The minimum Gasteiger partial charge on any atom is -0.444 e. The number of carbonyl (C=O) groups is 1. The molecule has 1 N–H and O–H groups in total. The maximum absolute atomic E-state index is 15.3. The highest BCUT2D eigenvalue weighted by atomic mass is 127. The van der Waals surface area contributed by atoms with Crippen LogP contribution in [0, 0.1) is 3.57 Å². The van der Waals surface area contributed by atoms with Gasteiger partial charge in [-0.15, -0.1) is 0 Å². The van der Waals surface area contributed by atoms with Gasteiger partial charge in [-0.2, -0.15) is 0 Å². The summed E-state index contributed by atoms with van der Waals surface area (Å²) in [6.45, 7) is 5.91. The van der Waals surface area contributed by atoms with Crippen LogP contribution < -0.4 is 5.32 Å². The van der Waals surface area contributed by atoms with E-state index < -0.39 is 17.4 Å². The Kier molecular flexibility index (Phi) is 5.68. The fourth-order valence-corrected chi connectivity index (χ4v) is 3.55. The molecule has 0 saturated carbocycles. The zero-order chi connectivity index (χ0) is 19.7. The van der Waals surface area contributed by atoms with Crippen LogP contribution in [0.3, 0.4) is 0 Å². The van der Waals surface area contributed by atoms with E-state index in [9.17, 15) is 4.79 Å². The van der Waals surface area contributed by atoms with Gasteiger partial charge in [0, 0.05) is 30.5 Å². The first-order valence-corrected chi connectivity index (χ1v) is 9.90. The van der Waals surface area contributed by atoms with Crippen LogP contribution in [0.15, 0.2) is 18.6 Å². The first-order chi connectivity index (χ1) is 12.7. The molecule has 2 aromatic heterocycles. The topological polar surface area (TPSA) is 80.2 Å². The number of hydrogen-bond acceptors (Lipinski definition) is 6. The smallest absolute Gasteiger partial charge is 0.410 e. The van der Waals surface area contributed by atoms with Crippen LogP contribution in [0.2, 0.25) is 0 Å². The summed E-state index contributed by atoms with van der Waals surface area (Å²) in [5, 5.41) is 3.81. The predicted molar refractivity (Wildman–Crippen MR) is 109 cm³/mol. The first kappa shape index (κ1) is 20.0. The van der Waals surface area contributed by atoms with E-state index >= 15 is 4.39 Å². The van der Waals surface area contributed by atoms with E-state index in [4.69, 9.17) is 4.74 Å². The Balaban J connectivity index is 1.66. The van der Waals surface area contributed by atoms with Gasteiger partial charge in [-0.3, -0.25) is 4.98 Å². The number of carbonyl (C=O) groups excluding carboxylic acids is 1. The summed E-state index contributed by atoms with van der Waals surface area (Å²) in [5.74, 6) is 0.359. The van der Waals surface area contributed by atoms with E-state index in [0.29, 0.717) is 25.3 Å². The largest absolute Gasteiger partial charge is 0.444 e. The van der Waals surface area contributed by atoms with Crippen LogP contribution in [-0.2, 0) is 4.74 Å². The summed E-state index contributed by atoms with van der Waals surface area (Å²) >= 11 is 2.16. The maximum Gasteiger partial charge on any atom is 0.410 e.